The van der Waals surface area contributed by atoms with E-state index in [4.69, 9.17) is 0 Å². The van der Waals surface area contributed by atoms with Crippen LogP contribution in [0.5, 0.6) is 0 Å². The average molecular weight is 100 g/mol. The molecule has 0 aliphatic carbocycles. The molecule has 1 N–H and O–H groups in total. The highest BCUT2D eigenvalue weighted by Crippen LogP contribution is 2.20. The largest absolute Gasteiger partial charge is 0.304 e. The summed E-state index contributed by atoms with van der Waals surface area (Å²) in [5.74, 6) is 0. The third-order valence-corrected chi connectivity index (χ3v) is 1.74. The van der Waals surface area contributed by atoms with Crippen molar-refractivity contribution in [2.75, 3.05) is 14.1 Å². The minimum Gasteiger partial charge on any atom is -0.304 e. The van der Waals surface area contributed by atoms with Crippen molar-refractivity contribution in [3.63, 3.8) is 0 Å². The zero-order valence-electron chi connectivity index (χ0n) is 5.10. The molecule has 0 aromatic heterocycles. The van der Waals surface area contributed by atoms with E-state index < -0.39 is 0 Å². The highest BCUT2D eigenvalue weighted by atomic mass is 15.4. The Hall–Kier alpha value is -0.0800. The molecule has 0 spiro atoms. The summed E-state index contributed by atoms with van der Waals surface area (Å²) in [4.78, 5) is 2.28. The van der Waals surface area contributed by atoms with Crippen LogP contribution in [0, 0.1) is 0 Å². The van der Waals surface area contributed by atoms with Crippen LogP contribution in [0.4, 0.5) is 0 Å². The summed E-state index contributed by atoms with van der Waals surface area (Å²) in [7, 11) is 4.11. The molecule has 3 atom stereocenters. The molecule has 0 aromatic rings. The second-order valence-corrected chi connectivity index (χ2v) is 2.14. The van der Waals surface area contributed by atoms with Crippen molar-refractivity contribution in [1.82, 2.24) is 10.2 Å². The van der Waals surface area contributed by atoms with Gasteiger partial charge >= 0.3 is 0 Å². The molecule has 1 rings (SSSR count). The van der Waals surface area contributed by atoms with Crippen LogP contribution in [0.25, 0.3) is 0 Å². The maximum absolute atomic E-state index is 3.16. The lowest BCUT2D eigenvalue weighted by molar-refractivity contribution is 0.558. The Balaban J connectivity index is 2.24. The molecule has 1 saturated heterocycles. The molecule has 1 heterocycles. The summed E-state index contributed by atoms with van der Waals surface area (Å²) >= 11 is 0. The summed E-state index contributed by atoms with van der Waals surface area (Å²) in [5.41, 5.74) is 0. The van der Waals surface area contributed by atoms with Gasteiger partial charge in [0.2, 0.25) is 0 Å². The third kappa shape index (κ3) is 0.640. The number of rotatable bonds is 1. The number of hydrogen-bond donors (Lipinski definition) is 1. The minimum atomic E-state index is 0.653. The van der Waals surface area contributed by atoms with E-state index in [0.29, 0.717) is 6.17 Å². The van der Waals surface area contributed by atoms with E-state index in [2.05, 4.69) is 24.2 Å². The lowest BCUT2D eigenvalue weighted by Gasteiger charge is -1.87. The zero-order valence-corrected chi connectivity index (χ0v) is 5.10. The van der Waals surface area contributed by atoms with Gasteiger partial charge in [-0.25, -0.2) is 0 Å². The maximum atomic E-state index is 3.16. The Morgan fingerprint density at radius 3 is 2.00 bits per heavy atom. The Bertz CT molecular complexity index is 64.5. The van der Waals surface area contributed by atoms with Gasteiger partial charge in [-0.3, -0.25) is 4.90 Å². The van der Waals surface area contributed by atoms with Crippen molar-refractivity contribution in [2.45, 2.75) is 19.1 Å². The van der Waals surface area contributed by atoms with Gasteiger partial charge in [-0.05, 0) is 21.0 Å². The fraction of sp³-hybridized carbons (Fsp3) is 1.00. The van der Waals surface area contributed by atoms with E-state index in [0.717, 1.165) is 6.04 Å². The van der Waals surface area contributed by atoms with Gasteiger partial charge in [0.1, 0.15) is 0 Å². The quantitative estimate of drug-likeness (QED) is 0.461. The molecule has 2 nitrogen and oxygen atoms in total. The second kappa shape index (κ2) is 1.46. The Morgan fingerprint density at radius 1 is 1.57 bits per heavy atom. The molecule has 7 heavy (non-hydrogen) atoms. The van der Waals surface area contributed by atoms with Gasteiger partial charge in [0.05, 0.1) is 6.17 Å². The number of likely N-dealkylation sites (N-methyl/N-ethyl adjacent to an activating group) is 2. The van der Waals surface area contributed by atoms with E-state index in [1.54, 1.807) is 0 Å². The first-order valence-corrected chi connectivity index (χ1v) is 2.66. The molecule has 1 aliphatic rings. The fourth-order valence-electron chi connectivity index (χ4n) is 0.939. The molecule has 42 valence electrons. The average Bonchev–Trinajstić information content (AvgIpc) is 2.17. The van der Waals surface area contributed by atoms with E-state index in [9.17, 15) is 0 Å². The monoisotopic (exact) mass is 100 g/mol. The number of nitrogens with zero attached hydrogens (tertiary/aromatic N) is 1. The molecule has 0 amide bonds. The normalized spacial score (nSPS) is 49.3. The van der Waals surface area contributed by atoms with E-state index in [1.165, 1.54) is 0 Å². The lowest BCUT2D eigenvalue weighted by Crippen LogP contribution is -2.14. The van der Waals surface area contributed by atoms with Crippen LogP contribution in [0.15, 0.2) is 0 Å². The molecule has 0 aromatic carbocycles. The Labute approximate surface area is 44.5 Å². The molecule has 3 unspecified atom stereocenters. The summed E-state index contributed by atoms with van der Waals surface area (Å²) in [5, 5.41) is 3.16. The van der Waals surface area contributed by atoms with Crippen molar-refractivity contribution < 1.29 is 0 Å². The summed E-state index contributed by atoms with van der Waals surface area (Å²) < 4.78 is 0. The predicted molar refractivity (Wildman–Crippen MR) is 30.1 cm³/mol. The summed E-state index contributed by atoms with van der Waals surface area (Å²) in [6, 6.07) is 0.755. The van der Waals surface area contributed by atoms with Crippen LogP contribution < -0.4 is 5.32 Å². The molecule has 0 bridgehead atoms. The smallest absolute Gasteiger partial charge is 0.0753 e. The van der Waals surface area contributed by atoms with Gasteiger partial charge in [0, 0.05) is 6.04 Å². The maximum Gasteiger partial charge on any atom is 0.0753 e. The van der Waals surface area contributed by atoms with Gasteiger partial charge in [0.25, 0.3) is 0 Å². The van der Waals surface area contributed by atoms with Crippen molar-refractivity contribution in [3.8, 4) is 0 Å². The first-order valence-electron chi connectivity index (χ1n) is 2.66. The number of hydrogen-bond acceptors (Lipinski definition) is 2. The first kappa shape index (κ1) is 5.06. The molecule has 1 fully saturated rings. The van der Waals surface area contributed by atoms with Gasteiger partial charge in [-0.15, -0.1) is 0 Å². The van der Waals surface area contributed by atoms with Gasteiger partial charge in [0.15, 0.2) is 0 Å². The third-order valence-electron chi connectivity index (χ3n) is 1.74. The Kier molecular flexibility index (Phi) is 1.05. The first-order chi connectivity index (χ1) is 3.27. The zero-order chi connectivity index (χ0) is 5.44. The van der Waals surface area contributed by atoms with Crippen molar-refractivity contribution >= 4 is 0 Å². The van der Waals surface area contributed by atoms with E-state index in [1.807, 2.05) is 7.05 Å². The minimum absolute atomic E-state index is 0.653. The van der Waals surface area contributed by atoms with E-state index in [-0.39, 0.29) is 0 Å². The predicted octanol–water partition coefficient (Wildman–Crippen LogP) is -0.134. The fourth-order valence-corrected chi connectivity index (χ4v) is 0.939. The molecule has 1 aliphatic heterocycles. The summed E-state index contributed by atoms with van der Waals surface area (Å²) in [6.45, 7) is 2.21. The topological polar surface area (TPSA) is 15.0 Å². The van der Waals surface area contributed by atoms with E-state index >= 15 is 0 Å². The van der Waals surface area contributed by atoms with Crippen LogP contribution in [-0.2, 0) is 0 Å². The molecular weight excluding hydrogens is 88.1 g/mol. The van der Waals surface area contributed by atoms with Gasteiger partial charge in [-0.1, -0.05) is 0 Å². The van der Waals surface area contributed by atoms with Gasteiger partial charge in [-0.2, -0.15) is 0 Å². The van der Waals surface area contributed by atoms with Crippen LogP contribution in [0.3, 0.4) is 0 Å². The van der Waals surface area contributed by atoms with Crippen molar-refractivity contribution in [1.29, 1.82) is 0 Å². The van der Waals surface area contributed by atoms with Crippen LogP contribution in [-0.4, -0.2) is 31.2 Å². The van der Waals surface area contributed by atoms with Crippen molar-refractivity contribution in [3.05, 3.63) is 0 Å². The highest BCUT2D eigenvalue weighted by Gasteiger charge is 2.38. The molecule has 2 heteroatoms. The van der Waals surface area contributed by atoms with Gasteiger partial charge < -0.3 is 5.32 Å². The van der Waals surface area contributed by atoms with Crippen LogP contribution in [0.1, 0.15) is 6.92 Å². The Morgan fingerprint density at radius 2 is 2.00 bits per heavy atom. The molecule has 0 radical (unpaired) electrons. The van der Waals surface area contributed by atoms with Crippen molar-refractivity contribution in [2.24, 2.45) is 0 Å². The molecular formula is C5H12N2. The SMILES string of the molecule is CNC1C(C)N1C. The summed E-state index contributed by atoms with van der Waals surface area (Å²) in [6.07, 6.45) is 0.653. The number of nitrogens with one attached hydrogen (secondary N) is 1. The highest BCUT2D eigenvalue weighted by molar-refractivity contribution is 4.92. The standard InChI is InChI=1S/C5H12N2/c1-4-5(6-2)7(4)3/h4-6H,1-3H3. The second-order valence-electron chi connectivity index (χ2n) is 2.14. The molecule has 0 saturated carbocycles. The van der Waals surface area contributed by atoms with Crippen LogP contribution >= 0.6 is 0 Å². The lowest BCUT2D eigenvalue weighted by atomic mass is 10.5. The van der Waals surface area contributed by atoms with Crippen LogP contribution in [0.2, 0.25) is 0 Å².